The molecule has 0 bridgehead atoms. The van der Waals surface area contributed by atoms with Crippen LogP contribution in [0.5, 0.6) is 6.01 Å². The third-order valence-corrected chi connectivity index (χ3v) is 6.83. The van der Waals surface area contributed by atoms with Gasteiger partial charge in [0.05, 0.1) is 12.3 Å². The van der Waals surface area contributed by atoms with Crippen LogP contribution >= 0.6 is 0 Å². The zero-order valence-electron chi connectivity index (χ0n) is 20.6. The van der Waals surface area contributed by atoms with Crippen LogP contribution in [0, 0.1) is 5.82 Å². The van der Waals surface area contributed by atoms with E-state index >= 15 is 0 Å². The van der Waals surface area contributed by atoms with Gasteiger partial charge >= 0.3 is 6.01 Å². The monoisotopic (exact) mass is 481 g/mol. The third-order valence-electron chi connectivity index (χ3n) is 6.83. The molecule has 0 aliphatic carbocycles. The number of rotatable bonds is 7. The molecule has 186 valence electrons. The summed E-state index contributed by atoms with van der Waals surface area (Å²) in [6.07, 6.45) is 2.91. The van der Waals surface area contributed by atoms with Gasteiger partial charge in [0.25, 0.3) is 5.91 Å². The molecule has 1 saturated heterocycles. The molecule has 3 heterocycles. The summed E-state index contributed by atoms with van der Waals surface area (Å²) in [6.45, 7) is 10.3. The van der Waals surface area contributed by atoms with Crippen molar-refractivity contribution in [3.63, 3.8) is 0 Å². The lowest BCUT2D eigenvalue weighted by Crippen LogP contribution is -2.49. The number of amides is 2. The topological polar surface area (TPSA) is 78.9 Å². The van der Waals surface area contributed by atoms with E-state index in [-0.39, 0.29) is 29.7 Å². The molecule has 2 aliphatic heterocycles. The highest BCUT2D eigenvalue weighted by Crippen LogP contribution is 2.30. The minimum absolute atomic E-state index is 0.0729. The number of halogens is 1. The number of hydrogen-bond donors (Lipinski definition) is 0. The van der Waals surface area contributed by atoms with Gasteiger partial charge in [0.2, 0.25) is 5.91 Å². The molecular weight excluding hydrogens is 449 g/mol. The number of ether oxygens (including phenoxy) is 1. The normalized spacial score (nSPS) is 17.9. The summed E-state index contributed by atoms with van der Waals surface area (Å²) in [5.74, 6) is 0.186. The van der Waals surface area contributed by atoms with E-state index in [2.05, 4.69) is 11.5 Å². The number of fused-ring (bicyclic) bond motifs is 1. The number of anilines is 1. The van der Waals surface area contributed by atoms with Crippen molar-refractivity contribution in [2.24, 2.45) is 0 Å². The molecule has 0 radical (unpaired) electrons. The molecule has 0 N–H and O–H groups in total. The quantitative estimate of drug-likeness (QED) is 0.566. The smallest absolute Gasteiger partial charge is 0.318 e. The maximum absolute atomic E-state index is 14.6. The Morgan fingerprint density at radius 1 is 1.23 bits per heavy atom. The minimum Gasteiger partial charge on any atom is -0.464 e. The van der Waals surface area contributed by atoms with Crippen LogP contribution in [0.1, 0.15) is 41.0 Å². The Kier molecular flexibility index (Phi) is 7.33. The molecule has 0 spiro atoms. The molecular formula is C26H32FN5O3. The van der Waals surface area contributed by atoms with E-state index in [9.17, 15) is 14.0 Å². The summed E-state index contributed by atoms with van der Waals surface area (Å²) >= 11 is 0. The molecule has 8 nitrogen and oxygen atoms in total. The van der Waals surface area contributed by atoms with Crippen LogP contribution < -0.4 is 9.64 Å². The summed E-state index contributed by atoms with van der Waals surface area (Å²) in [6, 6.07) is 4.70. The second-order valence-electron chi connectivity index (χ2n) is 8.80. The fraction of sp³-hybridized carbons (Fsp3) is 0.462. The lowest BCUT2D eigenvalue weighted by Gasteiger charge is -2.37. The average molecular weight is 482 g/mol. The molecule has 0 saturated carbocycles. The fourth-order valence-corrected chi connectivity index (χ4v) is 4.88. The van der Waals surface area contributed by atoms with Crippen LogP contribution in [0.2, 0.25) is 0 Å². The van der Waals surface area contributed by atoms with Gasteiger partial charge in [-0.1, -0.05) is 19.6 Å². The summed E-state index contributed by atoms with van der Waals surface area (Å²) in [5, 5.41) is 0. The van der Waals surface area contributed by atoms with Gasteiger partial charge in [0, 0.05) is 62.4 Å². The number of carbonyl (C=O) groups excluding carboxylic acids is 2. The van der Waals surface area contributed by atoms with Crippen molar-refractivity contribution >= 4 is 17.6 Å². The highest BCUT2D eigenvalue weighted by Gasteiger charge is 2.33. The molecule has 2 aliphatic rings. The van der Waals surface area contributed by atoms with Crippen LogP contribution in [0.15, 0.2) is 30.9 Å². The molecule has 2 amide bonds. The molecule has 35 heavy (non-hydrogen) atoms. The Balaban J connectivity index is 1.65. The predicted octanol–water partition coefficient (Wildman–Crippen LogP) is 2.65. The van der Waals surface area contributed by atoms with Crippen molar-refractivity contribution in [3.05, 3.63) is 59.1 Å². The number of carbonyl (C=O) groups is 2. The number of likely N-dealkylation sites (N-methyl/N-ethyl adjacent to an activating group) is 1. The first-order chi connectivity index (χ1) is 16.9. The van der Waals surface area contributed by atoms with Gasteiger partial charge in [-0.3, -0.25) is 9.59 Å². The first-order valence-corrected chi connectivity index (χ1v) is 12.1. The van der Waals surface area contributed by atoms with Crippen LogP contribution in [-0.4, -0.2) is 77.5 Å². The maximum Gasteiger partial charge on any atom is 0.318 e. The van der Waals surface area contributed by atoms with Crippen molar-refractivity contribution in [2.75, 3.05) is 44.7 Å². The van der Waals surface area contributed by atoms with E-state index in [0.717, 1.165) is 17.1 Å². The van der Waals surface area contributed by atoms with E-state index in [1.807, 2.05) is 13.8 Å². The van der Waals surface area contributed by atoms with Gasteiger partial charge in [-0.05, 0) is 38.0 Å². The van der Waals surface area contributed by atoms with Gasteiger partial charge in [0.15, 0.2) is 0 Å². The molecule has 9 heteroatoms. The summed E-state index contributed by atoms with van der Waals surface area (Å²) in [5.41, 5.74) is 2.66. The van der Waals surface area contributed by atoms with Crippen molar-refractivity contribution in [2.45, 2.75) is 39.2 Å². The van der Waals surface area contributed by atoms with E-state index in [4.69, 9.17) is 14.7 Å². The van der Waals surface area contributed by atoms with Crippen LogP contribution in [0.3, 0.4) is 0 Å². The molecule has 1 fully saturated rings. The Labute approximate surface area is 205 Å². The number of aromatic nitrogens is 2. The third kappa shape index (κ3) is 4.85. The Bertz CT molecular complexity index is 1130. The zero-order chi connectivity index (χ0) is 25.1. The van der Waals surface area contributed by atoms with Crippen molar-refractivity contribution in [3.8, 4) is 6.01 Å². The number of benzene rings is 1. The molecule has 1 aromatic heterocycles. The van der Waals surface area contributed by atoms with E-state index in [1.165, 1.54) is 12.1 Å². The summed E-state index contributed by atoms with van der Waals surface area (Å²) in [7, 11) is 1.76. The molecule has 0 unspecified atom stereocenters. The standard InChI is InChI=1S/C26H32FN5O3/c1-5-18-22(16-17-15-20-19(25(34)30(17)4)9-8-10-21(20)27)28-26(35-7-3)29-24(18)32-13-11-31(12-14-32)23(33)6-2/h6,8-10,17H,2,5,7,11-16H2,1,3-4H3/t17-/m0/s1. The van der Waals surface area contributed by atoms with Gasteiger partial charge in [-0.2, -0.15) is 9.97 Å². The lowest BCUT2D eigenvalue weighted by atomic mass is 9.90. The van der Waals surface area contributed by atoms with Crippen LogP contribution in [0.25, 0.3) is 0 Å². The first-order valence-electron chi connectivity index (χ1n) is 12.1. The van der Waals surface area contributed by atoms with Gasteiger partial charge in [-0.15, -0.1) is 0 Å². The van der Waals surface area contributed by atoms with Crippen molar-refractivity contribution < 1.29 is 18.7 Å². The number of nitrogens with zero attached hydrogens (tertiary/aromatic N) is 5. The van der Waals surface area contributed by atoms with E-state index in [0.29, 0.717) is 63.2 Å². The Morgan fingerprint density at radius 2 is 1.97 bits per heavy atom. The lowest BCUT2D eigenvalue weighted by molar-refractivity contribution is -0.126. The Morgan fingerprint density at radius 3 is 2.63 bits per heavy atom. The maximum atomic E-state index is 14.6. The molecule has 1 atom stereocenters. The van der Waals surface area contributed by atoms with Crippen LogP contribution in [0.4, 0.5) is 10.2 Å². The number of hydrogen-bond acceptors (Lipinski definition) is 6. The Hall–Kier alpha value is -3.49. The van der Waals surface area contributed by atoms with Gasteiger partial charge in [-0.25, -0.2) is 4.39 Å². The predicted molar refractivity (Wildman–Crippen MR) is 131 cm³/mol. The average Bonchev–Trinajstić information content (AvgIpc) is 2.87. The summed E-state index contributed by atoms with van der Waals surface area (Å²) < 4.78 is 20.3. The minimum atomic E-state index is -0.352. The van der Waals surface area contributed by atoms with Gasteiger partial charge in [0.1, 0.15) is 11.6 Å². The van der Waals surface area contributed by atoms with Crippen molar-refractivity contribution in [1.29, 1.82) is 0 Å². The highest BCUT2D eigenvalue weighted by atomic mass is 19.1. The number of piperazine rings is 1. The first kappa shape index (κ1) is 24.6. The van der Waals surface area contributed by atoms with Crippen LogP contribution in [-0.2, 0) is 24.1 Å². The molecule has 1 aromatic carbocycles. The summed E-state index contributed by atoms with van der Waals surface area (Å²) in [4.78, 5) is 40.0. The second-order valence-corrected chi connectivity index (χ2v) is 8.80. The van der Waals surface area contributed by atoms with E-state index in [1.54, 1.807) is 29.0 Å². The molecule has 4 rings (SSSR count). The highest BCUT2D eigenvalue weighted by molar-refractivity contribution is 5.97. The second kappa shape index (κ2) is 10.4. The van der Waals surface area contributed by atoms with Crippen molar-refractivity contribution in [1.82, 2.24) is 19.8 Å². The van der Waals surface area contributed by atoms with Gasteiger partial charge < -0.3 is 19.4 Å². The fourth-order valence-electron chi connectivity index (χ4n) is 4.88. The SMILES string of the molecule is C=CC(=O)N1CCN(c2nc(OCC)nc(C[C@@H]3Cc4c(F)cccc4C(=O)N3C)c2CC)CC1. The van der Waals surface area contributed by atoms with E-state index < -0.39 is 0 Å². The zero-order valence-corrected chi connectivity index (χ0v) is 20.6. The molecule has 2 aromatic rings. The largest absolute Gasteiger partial charge is 0.464 e.